The summed E-state index contributed by atoms with van der Waals surface area (Å²) in [5, 5.41) is 0. The number of carbonyl (C=O) groups is 3. The second-order valence-electron chi connectivity index (χ2n) is 4.59. The molecule has 1 aliphatic heterocycles. The topological polar surface area (TPSA) is 107 Å². The summed E-state index contributed by atoms with van der Waals surface area (Å²) in [4.78, 5) is 32.4. The van der Waals surface area contributed by atoms with E-state index >= 15 is 0 Å². The van der Waals surface area contributed by atoms with Crippen molar-refractivity contribution in [1.82, 2.24) is 4.72 Å². The van der Waals surface area contributed by atoms with Crippen LogP contribution in [0.25, 0.3) is 0 Å². The smallest absolute Gasteiger partial charge is 0.333 e. The fourth-order valence-corrected chi connectivity index (χ4v) is 2.90. The third-order valence-electron chi connectivity index (χ3n) is 2.67. The molecule has 1 heterocycles. The molecule has 0 radical (unpaired) electrons. The monoisotopic (exact) mass is 339 g/mol. The molecule has 1 N–H and O–H groups in total. The average Bonchev–Trinajstić information content (AvgIpc) is 2.70. The van der Waals surface area contributed by atoms with Gasteiger partial charge in [-0.3, -0.25) is 9.59 Å². The van der Waals surface area contributed by atoms with Gasteiger partial charge in [0.05, 0.1) is 12.2 Å². The van der Waals surface area contributed by atoms with Gasteiger partial charge >= 0.3 is 5.97 Å². The fraction of sp³-hybridized carbons (Fsp3) is 0.267. The van der Waals surface area contributed by atoms with Crippen LogP contribution in [0.3, 0.4) is 0 Å². The molecule has 0 spiro atoms. The molecule has 1 aromatic rings. The summed E-state index contributed by atoms with van der Waals surface area (Å²) in [6.07, 6.45) is 1.26. The molecule has 2 rings (SSSR count). The lowest BCUT2D eigenvalue weighted by Gasteiger charge is -1.99. The Kier molecular flexibility index (Phi) is 6.20. The highest BCUT2D eigenvalue weighted by Crippen LogP contribution is 2.20. The Labute approximate surface area is 134 Å². The van der Waals surface area contributed by atoms with Crippen LogP contribution >= 0.6 is 0 Å². The minimum atomic E-state index is -3.55. The highest BCUT2D eigenvalue weighted by Gasteiger charge is 2.31. The van der Waals surface area contributed by atoms with Gasteiger partial charge in [-0.05, 0) is 39.0 Å². The molecule has 124 valence electrons. The highest BCUT2D eigenvalue weighted by molar-refractivity contribution is 7.90. The molecule has 1 aromatic carbocycles. The lowest BCUT2D eigenvalue weighted by atomic mass is 10.2. The summed E-state index contributed by atoms with van der Waals surface area (Å²) in [5.41, 5.74) is 0.567. The van der Waals surface area contributed by atoms with E-state index in [1.54, 1.807) is 26.0 Å². The zero-order chi connectivity index (χ0) is 17.6. The van der Waals surface area contributed by atoms with Crippen molar-refractivity contribution >= 4 is 27.7 Å². The SMILES string of the molecule is CCOC(=O)C(C)=CC(C)=O.O=C1NS(=O)(=O)c2ccccc21. The molecule has 0 aromatic heterocycles. The number of sulfonamides is 1. The second-order valence-corrected chi connectivity index (χ2v) is 6.24. The third kappa shape index (κ3) is 5.03. The number of amides is 1. The lowest BCUT2D eigenvalue weighted by Crippen LogP contribution is -2.20. The summed E-state index contributed by atoms with van der Waals surface area (Å²) in [6.45, 7) is 5.00. The van der Waals surface area contributed by atoms with Crippen molar-refractivity contribution in [2.45, 2.75) is 25.7 Å². The van der Waals surface area contributed by atoms with Gasteiger partial charge in [-0.15, -0.1) is 0 Å². The minimum Gasteiger partial charge on any atom is -0.463 e. The van der Waals surface area contributed by atoms with Gasteiger partial charge < -0.3 is 4.74 Å². The van der Waals surface area contributed by atoms with E-state index in [0.29, 0.717) is 12.2 Å². The number of esters is 1. The zero-order valence-electron chi connectivity index (χ0n) is 13.0. The van der Waals surface area contributed by atoms with Gasteiger partial charge in [0, 0.05) is 5.57 Å². The Morgan fingerprint density at radius 1 is 1.22 bits per heavy atom. The van der Waals surface area contributed by atoms with Crippen molar-refractivity contribution in [3.8, 4) is 0 Å². The first-order valence-electron chi connectivity index (χ1n) is 6.71. The van der Waals surface area contributed by atoms with Crippen LogP contribution in [0, 0.1) is 0 Å². The predicted molar refractivity (Wildman–Crippen MR) is 82.2 cm³/mol. The fourth-order valence-electron chi connectivity index (χ4n) is 1.73. The van der Waals surface area contributed by atoms with Gasteiger partial charge in [0.15, 0.2) is 5.78 Å². The van der Waals surface area contributed by atoms with E-state index in [4.69, 9.17) is 0 Å². The van der Waals surface area contributed by atoms with Crippen LogP contribution < -0.4 is 4.72 Å². The van der Waals surface area contributed by atoms with E-state index in [9.17, 15) is 22.8 Å². The van der Waals surface area contributed by atoms with E-state index in [-0.39, 0.29) is 16.2 Å². The number of rotatable bonds is 3. The van der Waals surface area contributed by atoms with Crippen LogP contribution in [0.1, 0.15) is 31.1 Å². The van der Waals surface area contributed by atoms with Crippen molar-refractivity contribution in [2.24, 2.45) is 0 Å². The maximum atomic E-state index is 11.1. The molecular formula is C15H17NO6S. The van der Waals surface area contributed by atoms with Crippen LogP contribution in [0.5, 0.6) is 0 Å². The maximum absolute atomic E-state index is 11.1. The number of nitrogens with one attached hydrogen (secondary N) is 1. The molecule has 23 heavy (non-hydrogen) atoms. The van der Waals surface area contributed by atoms with Gasteiger partial charge in [-0.1, -0.05) is 12.1 Å². The first-order chi connectivity index (χ1) is 10.7. The molecule has 0 bridgehead atoms. The zero-order valence-corrected chi connectivity index (χ0v) is 13.8. The normalized spacial score (nSPS) is 14.9. The van der Waals surface area contributed by atoms with E-state index in [1.807, 2.05) is 4.72 Å². The van der Waals surface area contributed by atoms with E-state index in [1.165, 1.54) is 25.1 Å². The average molecular weight is 339 g/mol. The predicted octanol–water partition coefficient (Wildman–Crippen LogP) is 1.20. The third-order valence-corrected chi connectivity index (χ3v) is 4.05. The maximum Gasteiger partial charge on any atom is 0.333 e. The summed E-state index contributed by atoms with van der Waals surface area (Å²) >= 11 is 0. The molecule has 8 heteroatoms. The van der Waals surface area contributed by atoms with Crippen LogP contribution in [0.4, 0.5) is 0 Å². The van der Waals surface area contributed by atoms with Crippen LogP contribution in [-0.4, -0.2) is 32.7 Å². The van der Waals surface area contributed by atoms with Crippen molar-refractivity contribution in [2.75, 3.05) is 6.61 Å². The molecule has 0 atom stereocenters. The van der Waals surface area contributed by atoms with Crippen molar-refractivity contribution in [1.29, 1.82) is 0 Å². The van der Waals surface area contributed by atoms with E-state index in [0.717, 1.165) is 0 Å². The van der Waals surface area contributed by atoms with Crippen molar-refractivity contribution in [3.05, 3.63) is 41.5 Å². The second kappa shape index (κ2) is 7.68. The highest BCUT2D eigenvalue weighted by atomic mass is 32.2. The molecule has 0 unspecified atom stereocenters. The number of carbonyl (C=O) groups excluding carboxylic acids is 3. The van der Waals surface area contributed by atoms with Crippen LogP contribution in [-0.2, 0) is 24.3 Å². The van der Waals surface area contributed by atoms with Gasteiger partial charge in [-0.25, -0.2) is 17.9 Å². The van der Waals surface area contributed by atoms with Crippen molar-refractivity contribution < 1.29 is 27.5 Å². The summed E-state index contributed by atoms with van der Waals surface area (Å²) in [7, 11) is -3.55. The molecule has 0 saturated carbocycles. The number of benzene rings is 1. The number of hydrogen-bond donors (Lipinski definition) is 1. The quantitative estimate of drug-likeness (QED) is 0.655. The van der Waals surface area contributed by atoms with Gasteiger partial charge in [0.2, 0.25) is 0 Å². The number of fused-ring (bicyclic) bond motifs is 1. The van der Waals surface area contributed by atoms with Gasteiger partial charge in [0.25, 0.3) is 15.9 Å². The first-order valence-corrected chi connectivity index (χ1v) is 8.19. The Hall–Kier alpha value is -2.48. The van der Waals surface area contributed by atoms with Gasteiger partial charge in [-0.2, -0.15) is 0 Å². The molecule has 0 aliphatic carbocycles. The molecule has 7 nitrogen and oxygen atoms in total. The standard InChI is InChI=1S/C8H12O3.C7H5NO3S/c1-4-11-8(10)6(2)5-7(3)9;9-7-5-3-1-2-4-6(5)12(10,11)8-7/h5H,4H2,1-3H3;1-4H,(H,8,9). The van der Waals surface area contributed by atoms with E-state index in [2.05, 4.69) is 4.74 Å². The Bertz CT molecular complexity index is 764. The number of hydrogen-bond acceptors (Lipinski definition) is 6. The Balaban J connectivity index is 0.000000232. The van der Waals surface area contributed by atoms with Gasteiger partial charge in [0.1, 0.15) is 4.90 Å². The summed E-state index contributed by atoms with van der Waals surface area (Å²) < 4.78 is 28.8. The Morgan fingerprint density at radius 3 is 2.35 bits per heavy atom. The molecule has 0 saturated heterocycles. The lowest BCUT2D eigenvalue weighted by molar-refractivity contribution is -0.138. The van der Waals surface area contributed by atoms with E-state index < -0.39 is 21.9 Å². The molecular weight excluding hydrogens is 322 g/mol. The number of ketones is 1. The number of allylic oxidation sites excluding steroid dienone is 1. The van der Waals surface area contributed by atoms with Crippen LogP contribution in [0.15, 0.2) is 40.8 Å². The van der Waals surface area contributed by atoms with Crippen LogP contribution in [0.2, 0.25) is 0 Å². The molecule has 1 aliphatic rings. The summed E-state index contributed by atoms with van der Waals surface area (Å²) in [5.74, 6) is -1.12. The first kappa shape index (κ1) is 18.6. The molecule has 1 amide bonds. The largest absolute Gasteiger partial charge is 0.463 e. The van der Waals surface area contributed by atoms with Crippen molar-refractivity contribution in [3.63, 3.8) is 0 Å². The minimum absolute atomic E-state index is 0.0648. The number of ether oxygens (including phenoxy) is 1. The molecule has 0 fully saturated rings. The Morgan fingerprint density at radius 2 is 1.83 bits per heavy atom. The summed E-state index contributed by atoms with van der Waals surface area (Å²) in [6, 6.07) is 6.09.